The third kappa shape index (κ3) is 5.74. The second-order valence-corrected chi connectivity index (χ2v) is 6.41. The molecule has 0 aromatic carbocycles. The summed E-state index contributed by atoms with van der Waals surface area (Å²) in [6.07, 6.45) is 2.93. The van der Waals surface area contributed by atoms with E-state index in [1.54, 1.807) is 0 Å². The zero-order valence-corrected chi connectivity index (χ0v) is 13.7. The molecular weight excluding hydrogens is 250 g/mol. The van der Waals surface area contributed by atoms with E-state index in [1.807, 2.05) is 13.1 Å². The molecule has 1 aromatic rings. The molecule has 0 aliphatic rings. The van der Waals surface area contributed by atoms with Crippen molar-refractivity contribution >= 4 is 11.8 Å². The minimum Gasteiger partial charge on any atom is -0.369 e. The van der Waals surface area contributed by atoms with Gasteiger partial charge in [0.15, 0.2) is 0 Å². The molecule has 0 unspecified atom stereocenters. The molecular formula is C15H29N5. The molecule has 5 nitrogen and oxygen atoms in total. The highest BCUT2D eigenvalue weighted by atomic mass is 15.1. The summed E-state index contributed by atoms with van der Waals surface area (Å²) in [5, 5.41) is 6.68. The highest BCUT2D eigenvalue weighted by molar-refractivity contribution is 5.46. The van der Waals surface area contributed by atoms with Crippen LogP contribution < -0.4 is 10.6 Å². The van der Waals surface area contributed by atoms with Crippen LogP contribution in [-0.2, 0) is 0 Å². The Labute approximate surface area is 123 Å². The summed E-state index contributed by atoms with van der Waals surface area (Å²) in [7, 11) is 4.20. The zero-order chi connectivity index (χ0) is 15.2. The molecule has 0 spiro atoms. The van der Waals surface area contributed by atoms with E-state index in [-0.39, 0.29) is 5.41 Å². The summed E-state index contributed by atoms with van der Waals surface area (Å²) < 4.78 is 0. The Balaban J connectivity index is 2.66. The predicted octanol–water partition coefficient (Wildman–Crippen LogP) is 2.61. The maximum Gasteiger partial charge on any atom is 0.224 e. The van der Waals surface area contributed by atoms with Gasteiger partial charge in [-0.05, 0) is 32.9 Å². The summed E-state index contributed by atoms with van der Waals surface area (Å²) in [6.45, 7) is 11.5. The van der Waals surface area contributed by atoms with Crippen molar-refractivity contribution in [3.05, 3.63) is 11.8 Å². The average molecular weight is 279 g/mol. The molecule has 0 amide bonds. The van der Waals surface area contributed by atoms with Gasteiger partial charge in [0, 0.05) is 31.4 Å². The third-order valence-corrected chi connectivity index (χ3v) is 2.98. The van der Waals surface area contributed by atoms with Gasteiger partial charge in [-0.25, -0.2) is 4.98 Å². The highest BCUT2D eigenvalue weighted by Crippen LogP contribution is 2.19. The lowest BCUT2D eigenvalue weighted by Crippen LogP contribution is -2.34. The Kier molecular flexibility index (Phi) is 6.20. The number of hydrogen-bond acceptors (Lipinski definition) is 5. The van der Waals surface area contributed by atoms with Gasteiger partial charge < -0.3 is 15.5 Å². The van der Waals surface area contributed by atoms with Gasteiger partial charge in [0.05, 0.1) is 0 Å². The maximum atomic E-state index is 4.55. The fourth-order valence-corrected chi connectivity index (χ4v) is 2.18. The van der Waals surface area contributed by atoms with Gasteiger partial charge in [0.2, 0.25) is 5.95 Å². The maximum absolute atomic E-state index is 4.55. The van der Waals surface area contributed by atoms with Crippen molar-refractivity contribution in [2.45, 2.75) is 34.1 Å². The van der Waals surface area contributed by atoms with Crippen LogP contribution in [0.5, 0.6) is 0 Å². The quantitative estimate of drug-likeness (QED) is 0.766. The van der Waals surface area contributed by atoms with E-state index in [0.29, 0.717) is 5.95 Å². The minimum absolute atomic E-state index is 0.192. The Morgan fingerprint density at radius 1 is 1.25 bits per heavy atom. The Bertz CT molecular complexity index is 415. The van der Waals surface area contributed by atoms with Gasteiger partial charge in [0.25, 0.3) is 0 Å². The number of aryl methyl sites for hydroxylation is 1. The molecule has 0 aliphatic heterocycles. The standard InChI is InChI=1S/C15H29N5/c1-7-8-16-14-17-9-12(2)13(19-14)18-10-15(3,4)11-20(5)6/h9H,7-8,10-11H2,1-6H3,(H2,16,17,18,19). The molecule has 0 saturated carbocycles. The summed E-state index contributed by atoms with van der Waals surface area (Å²) in [5.41, 5.74) is 1.27. The molecule has 114 valence electrons. The summed E-state index contributed by atoms with van der Waals surface area (Å²) in [5.74, 6) is 1.62. The Morgan fingerprint density at radius 2 is 1.95 bits per heavy atom. The topological polar surface area (TPSA) is 53.1 Å². The van der Waals surface area contributed by atoms with E-state index < -0.39 is 0 Å². The molecule has 1 heterocycles. The monoisotopic (exact) mass is 279 g/mol. The minimum atomic E-state index is 0.192. The molecule has 0 bridgehead atoms. The molecule has 0 atom stereocenters. The van der Waals surface area contributed by atoms with E-state index in [0.717, 1.165) is 37.4 Å². The number of nitrogens with zero attached hydrogens (tertiary/aromatic N) is 3. The first kappa shape index (κ1) is 16.7. The molecule has 0 saturated heterocycles. The fourth-order valence-electron chi connectivity index (χ4n) is 2.18. The smallest absolute Gasteiger partial charge is 0.224 e. The van der Waals surface area contributed by atoms with Crippen LogP contribution in [0.2, 0.25) is 0 Å². The second-order valence-electron chi connectivity index (χ2n) is 6.41. The van der Waals surface area contributed by atoms with E-state index >= 15 is 0 Å². The Morgan fingerprint density at radius 3 is 2.55 bits per heavy atom. The van der Waals surface area contributed by atoms with Crippen molar-refractivity contribution in [3.63, 3.8) is 0 Å². The fraction of sp³-hybridized carbons (Fsp3) is 0.733. The van der Waals surface area contributed by atoms with Crippen LogP contribution in [0.25, 0.3) is 0 Å². The molecule has 0 radical (unpaired) electrons. The number of rotatable bonds is 8. The van der Waals surface area contributed by atoms with Crippen LogP contribution in [0.4, 0.5) is 11.8 Å². The number of nitrogens with one attached hydrogen (secondary N) is 2. The van der Waals surface area contributed by atoms with Crippen molar-refractivity contribution < 1.29 is 0 Å². The second kappa shape index (κ2) is 7.43. The highest BCUT2D eigenvalue weighted by Gasteiger charge is 2.19. The van der Waals surface area contributed by atoms with E-state index in [9.17, 15) is 0 Å². The number of aromatic nitrogens is 2. The third-order valence-electron chi connectivity index (χ3n) is 2.98. The molecule has 5 heteroatoms. The van der Waals surface area contributed by atoms with Crippen LogP contribution in [0.1, 0.15) is 32.8 Å². The Hall–Kier alpha value is -1.36. The van der Waals surface area contributed by atoms with E-state index in [1.165, 1.54) is 0 Å². The van der Waals surface area contributed by atoms with E-state index in [2.05, 4.69) is 60.4 Å². The molecule has 20 heavy (non-hydrogen) atoms. The summed E-state index contributed by atoms with van der Waals surface area (Å²) >= 11 is 0. The normalized spacial score (nSPS) is 11.8. The van der Waals surface area contributed by atoms with Gasteiger partial charge in [-0.3, -0.25) is 0 Å². The van der Waals surface area contributed by atoms with Crippen LogP contribution in [0, 0.1) is 12.3 Å². The number of anilines is 2. The van der Waals surface area contributed by atoms with Crippen molar-refractivity contribution in [2.75, 3.05) is 44.4 Å². The van der Waals surface area contributed by atoms with Gasteiger partial charge in [-0.2, -0.15) is 4.98 Å². The van der Waals surface area contributed by atoms with Gasteiger partial charge in [-0.1, -0.05) is 20.8 Å². The van der Waals surface area contributed by atoms with Gasteiger partial charge in [0.1, 0.15) is 5.82 Å². The predicted molar refractivity (Wildman–Crippen MR) is 86.4 cm³/mol. The first-order valence-corrected chi connectivity index (χ1v) is 7.30. The van der Waals surface area contributed by atoms with E-state index in [4.69, 9.17) is 0 Å². The van der Waals surface area contributed by atoms with Crippen molar-refractivity contribution in [3.8, 4) is 0 Å². The summed E-state index contributed by atoms with van der Waals surface area (Å²) in [4.78, 5) is 11.1. The molecule has 1 rings (SSSR count). The van der Waals surface area contributed by atoms with Crippen LogP contribution >= 0.6 is 0 Å². The lowest BCUT2D eigenvalue weighted by atomic mass is 9.93. The van der Waals surface area contributed by atoms with Gasteiger partial charge >= 0.3 is 0 Å². The van der Waals surface area contributed by atoms with Crippen molar-refractivity contribution in [1.82, 2.24) is 14.9 Å². The lowest BCUT2D eigenvalue weighted by molar-refractivity contribution is 0.254. The average Bonchev–Trinajstić information content (AvgIpc) is 2.34. The first-order chi connectivity index (χ1) is 9.34. The molecule has 0 aliphatic carbocycles. The van der Waals surface area contributed by atoms with Crippen LogP contribution in [0.3, 0.4) is 0 Å². The van der Waals surface area contributed by atoms with Crippen molar-refractivity contribution in [1.29, 1.82) is 0 Å². The number of hydrogen-bond donors (Lipinski definition) is 2. The first-order valence-electron chi connectivity index (χ1n) is 7.30. The van der Waals surface area contributed by atoms with Crippen LogP contribution in [-0.4, -0.2) is 48.6 Å². The SMILES string of the molecule is CCCNc1ncc(C)c(NCC(C)(C)CN(C)C)n1. The van der Waals surface area contributed by atoms with Crippen molar-refractivity contribution in [2.24, 2.45) is 5.41 Å². The molecule has 2 N–H and O–H groups in total. The molecule has 0 fully saturated rings. The largest absolute Gasteiger partial charge is 0.369 e. The molecule has 1 aromatic heterocycles. The zero-order valence-electron chi connectivity index (χ0n) is 13.7. The van der Waals surface area contributed by atoms with Gasteiger partial charge in [-0.15, -0.1) is 0 Å². The summed E-state index contributed by atoms with van der Waals surface area (Å²) in [6, 6.07) is 0. The lowest BCUT2D eigenvalue weighted by Gasteiger charge is -2.29. The van der Waals surface area contributed by atoms with Crippen LogP contribution in [0.15, 0.2) is 6.20 Å².